The van der Waals surface area contributed by atoms with Gasteiger partial charge >= 0.3 is 0 Å². The Bertz CT molecular complexity index is 616. The van der Waals surface area contributed by atoms with Crippen LogP contribution in [0.5, 0.6) is 0 Å². The molecular weight excluding hydrogens is 350 g/mol. The van der Waals surface area contributed by atoms with E-state index >= 15 is 0 Å². The first-order valence-electron chi connectivity index (χ1n) is 11.0. The van der Waals surface area contributed by atoms with E-state index in [0.717, 1.165) is 52.0 Å². The molecule has 1 atom stereocenters. The third-order valence-electron chi connectivity index (χ3n) is 6.69. The number of nitrogens with zero attached hydrogens (tertiary/aromatic N) is 2. The number of carbonyl (C=O) groups excluding carboxylic acids is 1. The average molecular weight is 388 g/mol. The molecule has 2 N–H and O–H groups in total. The smallest absolute Gasteiger partial charge is 0.223 e. The minimum atomic E-state index is -0.0943. The van der Waals surface area contributed by atoms with Crippen LogP contribution in [0.1, 0.15) is 50.2 Å². The highest BCUT2D eigenvalue weighted by molar-refractivity contribution is 5.79. The van der Waals surface area contributed by atoms with Gasteiger partial charge < -0.3 is 15.3 Å². The van der Waals surface area contributed by atoms with Gasteiger partial charge in [-0.15, -0.1) is 0 Å². The SMILES string of the molecule is CCC(CO)NC(=O)C1CCN(C2CCN(Cc3ccccc3C)CC2)CC1. The summed E-state index contributed by atoms with van der Waals surface area (Å²) in [7, 11) is 0. The van der Waals surface area contributed by atoms with Gasteiger partial charge in [0.1, 0.15) is 0 Å². The molecule has 0 radical (unpaired) electrons. The molecule has 1 aromatic carbocycles. The number of carbonyl (C=O) groups is 1. The van der Waals surface area contributed by atoms with Crippen molar-refractivity contribution in [3.8, 4) is 0 Å². The molecule has 0 aromatic heterocycles. The number of likely N-dealkylation sites (tertiary alicyclic amines) is 2. The van der Waals surface area contributed by atoms with E-state index in [9.17, 15) is 9.90 Å². The molecular formula is C23H37N3O2. The molecule has 0 spiro atoms. The molecule has 2 aliphatic rings. The third-order valence-corrected chi connectivity index (χ3v) is 6.69. The second-order valence-electron chi connectivity index (χ2n) is 8.54. The van der Waals surface area contributed by atoms with Gasteiger partial charge in [-0.2, -0.15) is 0 Å². The predicted octanol–water partition coefficient (Wildman–Crippen LogP) is 2.56. The first-order chi connectivity index (χ1) is 13.6. The average Bonchev–Trinajstić information content (AvgIpc) is 2.74. The molecule has 28 heavy (non-hydrogen) atoms. The van der Waals surface area contributed by atoms with Gasteiger partial charge in [0.05, 0.1) is 12.6 Å². The van der Waals surface area contributed by atoms with Crippen molar-refractivity contribution in [3.63, 3.8) is 0 Å². The number of piperidine rings is 2. The quantitative estimate of drug-likeness (QED) is 0.755. The van der Waals surface area contributed by atoms with Crippen LogP contribution in [0.4, 0.5) is 0 Å². The molecule has 2 fully saturated rings. The zero-order chi connectivity index (χ0) is 19.9. The third kappa shape index (κ3) is 5.56. The van der Waals surface area contributed by atoms with Gasteiger partial charge in [0.25, 0.3) is 0 Å². The van der Waals surface area contributed by atoms with Crippen molar-refractivity contribution < 1.29 is 9.90 Å². The standard InChI is InChI=1S/C23H37N3O2/c1-3-21(17-27)24-23(28)19-8-14-26(15-9-19)22-10-12-25(13-11-22)16-20-7-5-4-6-18(20)2/h4-7,19,21-22,27H,3,8-17H2,1-2H3,(H,24,28). The second kappa shape index (κ2) is 10.4. The highest BCUT2D eigenvalue weighted by atomic mass is 16.3. The van der Waals surface area contributed by atoms with Crippen LogP contribution < -0.4 is 5.32 Å². The van der Waals surface area contributed by atoms with E-state index in [1.165, 1.54) is 24.0 Å². The number of rotatable bonds is 7. The lowest BCUT2D eigenvalue weighted by atomic mass is 9.92. The Morgan fingerprint density at radius 3 is 2.43 bits per heavy atom. The van der Waals surface area contributed by atoms with E-state index in [-0.39, 0.29) is 24.5 Å². The summed E-state index contributed by atoms with van der Waals surface area (Å²) in [4.78, 5) is 17.6. The summed E-state index contributed by atoms with van der Waals surface area (Å²) in [5.41, 5.74) is 2.83. The van der Waals surface area contributed by atoms with E-state index in [2.05, 4.69) is 46.3 Å². The lowest BCUT2D eigenvalue weighted by Gasteiger charge is -2.41. The van der Waals surface area contributed by atoms with E-state index in [1.54, 1.807) is 0 Å². The highest BCUT2D eigenvalue weighted by Gasteiger charge is 2.31. The Morgan fingerprint density at radius 2 is 1.82 bits per heavy atom. The molecule has 0 saturated carbocycles. The van der Waals surface area contributed by atoms with Crippen LogP contribution >= 0.6 is 0 Å². The maximum atomic E-state index is 12.4. The number of aryl methyl sites for hydroxylation is 1. The largest absolute Gasteiger partial charge is 0.394 e. The Kier molecular flexibility index (Phi) is 7.89. The van der Waals surface area contributed by atoms with Gasteiger partial charge in [-0.05, 0) is 76.3 Å². The van der Waals surface area contributed by atoms with Crippen molar-refractivity contribution in [1.29, 1.82) is 0 Å². The predicted molar refractivity (Wildman–Crippen MR) is 113 cm³/mol. The summed E-state index contributed by atoms with van der Waals surface area (Å²) in [6.45, 7) is 9.66. The summed E-state index contributed by atoms with van der Waals surface area (Å²) in [6.07, 6.45) is 5.12. The maximum absolute atomic E-state index is 12.4. The van der Waals surface area contributed by atoms with Gasteiger partial charge in [0, 0.05) is 18.5 Å². The van der Waals surface area contributed by atoms with E-state index in [4.69, 9.17) is 0 Å². The van der Waals surface area contributed by atoms with Crippen LogP contribution in [-0.4, -0.2) is 65.7 Å². The Balaban J connectivity index is 1.40. The molecule has 5 heteroatoms. The number of benzene rings is 1. The van der Waals surface area contributed by atoms with Crippen molar-refractivity contribution in [1.82, 2.24) is 15.1 Å². The Labute approximate surface area is 170 Å². The zero-order valence-electron chi connectivity index (χ0n) is 17.6. The molecule has 1 amide bonds. The summed E-state index contributed by atoms with van der Waals surface area (Å²) in [5, 5.41) is 12.3. The number of nitrogens with one attached hydrogen (secondary N) is 1. The normalized spacial score (nSPS) is 21.5. The fourth-order valence-electron chi connectivity index (χ4n) is 4.59. The molecule has 2 heterocycles. The highest BCUT2D eigenvalue weighted by Crippen LogP contribution is 2.25. The number of aliphatic hydroxyl groups is 1. The van der Waals surface area contributed by atoms with Gasteiger partial charge in [-0.1, -0.05) is 31.2 Å². The molecule has 1 aromatic rings. The first kappa shape index (κ1) is 21.3. The summed E-state index contributed by atoms with van der Waals surface area (Å²) >= 11 is 0. The zero-order valence-corrected chi connectivity index (χ0v) is 17.6. The minimum absolute atomic E-state index is 0.0299. The second-order valence-corrected chi connectivity index (χ2v) is 8.54. The van der Waals surface area contributed by atoms with E-state index in [0.29, 0.717) is 6.04 Å². The lowest BCUT2D eigenvalue weighted by Crippen LogP contribution is -2.50. The van der Waals surface area contributed by atoms with Crippen molar-refractivity contribution in [2.45, 2.75) is 64.6 Å². The van der Waals surface area contributed by atoms with Crippen molar-refractivity contribution in [3.05, 3.63) is 35.4 Å². The molecule has 0 bridgehead atoms. The van der Waals surface area contributed by atoms with Crippen LogP contribution in [0.15, 0.2) is 24.3 Å². The molecule has 3 rings (SSSR count). The van der Waals surface area contributed by atoms with Crippen LogP contribution in [0.3, 0.4) is 0 Å². The van der Waals surface area contributed by atoms with Crippen LogP contribution in [0.25, 0.3) is 0 Å². The maximum Gasteiger partial charge on any atom is 0.223 e. The van der Waals surface area contributed by atoms with Crippen molar-refractivity contribution in [2.75, 3.05) is 32.8 Å². The monoisotopic (exact) mass is 387 g/mol. The van der Waals surface area contributed by atoms with E-state index in [1.807, 2.05) is 6.92 Å². The van der Waals surface area contributed by atoms with Gasteiger partial charge in [-0.3, -0.25) is 9.69 Å². The summed E-state index contributed by atoms with van der Waals surface area (Å²) < 4.78 is 0. The van der Waals surface area contributed by atoms with Gasteiger partial charge in [-0.25, -0.2) is 0 Å². The molecule has 156 valence electrons. The fraction of sp³-hybridized carbons (Fsp3) is 0.696. The van der Waals surface area contributed by atoms with Gasteiger partial charge in [0.2, 0.25) is 5.91 Å². The lowest BCUT2D eigenvalue weighted by molar-refractivity contribution is -0.127. The van der Waals surface area contributed by atoms with E-state index < -0.39 is 0 Å². The minimum Gasteiger partial charge on any atom is -0.394 e. The molecule has 0 aliphatic carbocycles. The van der Waals surface area contributed by atoms with Crippen LogP contribution in [0, 0.1) is 12.8 Å². The first-order valence-corrected chi connectivity index (χ1v) is 11.0. The topological polar surface area (TPSA) is 55.8 Å². The molecule has 1 unspecified atom stereocenters. The molecule has 2 aliphatic heterocycles. The van der Waals surface area contributed by atoms with Gasteiger partial charge in [0.15, 0.2) is 0 Å². The fourth-order valence-corrected chi connectivity index (χ4v) is 4.59. The molecule has 5 nitrogen and oxygen atoms in total. The summed E-state index contributed by atoms with van der Waals surface area (Å²) in [5.74, 6) is 0.242. The summed E-state index contributed by atoms with van der Waals surface area (Å²) in [6, 6.07) is 9.27. The Morgan fingerprint density at radius 1 is 1.14 bits per heavy atom. The number of aliphatic hydroxyl groups excluding tert-OH is 1. The molecule has 2 saturated heterocycles. The van der Waals surface area contributed by atoms with Crippen LogP contribution in [-0.2, 0) is 11.3 Å². The number of amides is 1. The number of hydrogen-bond donors (Lipinski definition) is 2. The number of hydrogen-bond acceptors (Lipinski definition) is 4. The Hall–Kier alpha value is -1.43. The van der Waals surface area contributed by atoms with Crippen molar-refractivity contribution in [2.24, 2.45) is 5.92 Å². The van der Waals surface area contributed by atoms with Crippen LogP contribution in [0.2, 0.25) is 0 Å². The van der Waals surface area contributed by atoms with Crippen molar-refractivity contribution >= 4 is 5.91 Å².